The highest BCUT2D eigenvalue weighted by Crippen LogP contribution is 2.32. The summed E-state index contributed by atoms with van der Waals surface area (Å²) in [6, 6.07) is 4.24. The van der Waals surface area contributed by atoms with Gasteiger partial charge in [-0.15, -0.1) is 0 Å². The van der Waals surface area contributed by atoms with Crippen LogP contribution in [0.5, 0.6) is 0 Å². The quantitative estimate of drug-likeness (QED) is 0.774. The van der Waals surface area contributed by atoms with Crippen LogP contribution in [0.2, 0.25) is 0 Å². The minimum atomic E-state index is 0.105. The summed E-state index contributed by atoms with van der Waals surface area (Å²) in [6.07, 6.45) is 6.28. The van der Waals surface area contributed by atoms with Gasteiger partial charge in [0, 0.05) is 31.9 Å². The summed E-state index contributed by atoms with van der Waals surface area (Å²) in [5, 5.41) is 4.67. The lowest BCUT2D eigenvalue weighted by atomic mass is 9.91. The summed E-state index contributed by atoms with van der Waals surface area (Å²) in [6.45, 7) is 9.49. The largest absolute Gasteiger partial charge is 0.337 e. The van der Waals surface area contributed by atoms with Gasteiger partial charge in [0.15, 0.2) is 0 Å². The fourth-order valence-corrected chi connectivity index (χ4v) is 4.16. The van der Waals surface area contributed by atoms with Gasteiger partial charge in [-0.05, 0) is 62.6 Å². The van der Waals surface area contributed by atoms with E-state index in [0.717, 1.165) is 43.6 Å². The number of rotatable bonds is 6. The predicted molar refractivity (Wildman–Crippen MR) is 108 cm³/mol. The topological polar surface area (TPSA) is 51.0 Å². The molecule has 0 radical (unpaired) electrons. The Labute approximate surface area is 162 Å². The molecule has 0 bridgehead atoms. The van der Waals surface area contributed by atoms with Crippen LogP contribution in [0.25, 0.3) is 0 Å². The zero-order valence-corrected chi connectivity index (χ0v) is 17.3. The third-order valence-corrected chi connectivity index (χ3v) is 5.68. The van der Waals surface area contributed by atoms with Crippen molar-refractivity contribution in [1.82, 2.24) is 19.7 Å². The Hall–Kier alpha value is -2.17. The van der Waals surface area contributed by atoms with Crippen LogP contribution >= 0.6 is 0 Å². The predicted octanol–water partition coefficient (Wildman–Crippen LogP) is 4.02. The van der Waals surface area contributed by atoms with E-state index in [1.54, 1.807) is 0 Å². The van der Waals surface area contributed by atoms with Crippen molar-refractivity contribution in [3.63, 3.8) is 0 Å². The van der Waals surface area contributed by atoms with Gasteiger partial charge >= 0.3 is 0 Å². The molecule has 5 heteroatoms. The van der Waals surface area contributed by atoms with Crippen LogP contribution in [-0.4, -0.2) is 32.6 Å². The molecule has 3 rings (SSSR count). The molecule has 5 nitrogen and oxygen atoms in total. The molecule has 0 aromatic carbocycles. The molecule has 0 fully saturated rings. The molecular formula is C22H32N4O. The van der Waals surface area contributed by atoms with E-state index in [4.69, 9.17) is 0 Å². The molecule has 0 N–H and O–H groups in total. The maximum Gasteiger partial charge on any atom is 0.223 e. The van der Waals surface area contributed by atoms with Crippen LogP contribution in [0.3, 0.4) is 0 Å². The van der Waals surface area contributed by atoms with Crippen molar-refractivity contribution in [3.05, 3.63) is 46.5 Å². The molecule has 1 amide bonds. The number of amides is 1. The van der Waals surface area contributed by atoms with Crippen LogP contribution in [0.1, 0.15) is 67.4 Å². The molecule has 1 aliphatic carbocycles. The summed E-state index contributed by atoms with van der Waals surface area (Å²) in [5.41, 5.74) is 5.83. The smallest absolute Gasteiger partial charge is 0.223 e. The van der Waals surface area contributed by atoms with Gasteiger partial charge in [-0.3, -0.25) is 14.5 Å². The zero-order valence-electron chi connectivity index (χ0n) is 17.3. The summed E-state index contributed by atoms with van der Waals surface area (Å²) < 4.78 is 2.09. The highest BCUT2D eigenvalue weighted by atomic mass is 16.2. The van der Waals surface area contributed by atoms with E-state index in [2.05, 4.69) is 48.5 Å². The zero-order chi connectivity index (χ0) is 19.6. The van der Waals surface area contributed by atoms with Gasteiger partial charge < -0.3 is 4.90 Å². The second-order valence-corrected chi connectivity index (χ2v) is 8.19. The van der Waals surface area contributed by atoms with E-state index in [1.165, 1.54) is 16.8 Å². The van der Waals surface area contributed by atoms with E-state index in [1.807, 2.05) is 24.2 Å². The molecular weight excluding hydrogens is 336 g/mol. The Balaban J connectivity index is 1.67. The van der Waals surface area contributed by atoms with Crippen LogP contribution in [-0.2, 0) is 24.2 Å². The molecule has 0 saturated carbocycles. The van der Waals surface area contributed by atoms with Crippen molar-refractivity contribution in [2.75, 3.05) is 7.05 Å². The minimum absolute atomic E-state index is 0.105. The first-order valence-corrected chi connectivity index (χ1v) is 10.1. The first-order chi connectivity index (χ1) is 12.9. The Kier molecular flexibility index (Phi) is 5.98. The lowest BCUT2D eigenvalue weighted by Crippen LogP contribution is -2.34. The molecule has 0 saturated heterocycles. The molecule has 0 aliphatic heterocycles. The molecule has 2 aromatic heterocycles. The lowest BCUT2D eigenvalue weighted by Gasteiger charge is -2.32. The monoisotopic (exact) mass is 368 g/mol. The summed E-state index contributed by atoms with van der Waals surface area (Å²) in [5.74, 6) is 0.747. The summed E-state index contributed by atoms with van der Waals surface area (Å²) >= 11 is 0. The van der Waals surface area contributed by atoms with Gasteiger partial charge in [0.05, 0.1) is 17.4 Å². The number of pyridine rings is 1. The number of aromatic nitrogens is 3. The van der Waals surface area contributed by atoms with Gasteiger partial charge in [0.25, 0.3) is 0 Å². The number of carbonyl (C=O) groups excluding carboxylic acids is 1. The van der Waals surface area contributed by atoms with Crippen molar-refractivity contribution in [2.24, 2.45) is 5.92 Å². The molecule has 2 heterocycles. The van der Waals surface area contributed by atoms with Crippen LogP contribution in [0.4, 0.5) is 0 Å². The third kappa shape index (κ3) is 4.23. The van der Waals surface area contributed by atoms with Crippen molar-refractivity contribution < 1.29 is 4.79 Å². The van der Waals surface area contributed by atoms with Crippen molar-refractivity contribution in [3.8, 4) is 0 Å². The number of carbonyl (C=O) groups is 1. The van der Waals surface area contributed by atoms with Crippen LogP contribution < -0.4 is 0 Å². The number of nitrogens with zero attached hydrogens (tertiary/aromatic N) is 4. The van der Waals surface area contributed by atoms with Crippen LogP contribution in [0, 0.1) is 19.8 Å². The average molecular weight is 369 g/mol. The molecule has 27 heavy (non-hydrogen) atoms. The standard InChI is InChI=1S/C22H32N4O/c1-15(2)14-26-17(4)19(16(3)24-26)11-12-21(27)25(5)20-10-6-8-18-9-7-13-23-22(18)20/h7,9,13,15,20H,6,8,10-12,14H2,1-5H3/t20-/m0/s1. The summed E-state index contributed by atoms with van der Waals surface area (Å²) in [4.78, 5) is 19.4. The lowest BCUT2D eigenvalue weighted by molar-refractivity contribution is -0.132. The highest BCUT2D eigenvalue weighted by Gasteiger charge is 2.27. The van der Waals surface area contributed by atoms with E-state index in [9.17, 15) is 4.79 Å². The molecule has 1 aliphatic rings. The van der Waals surface area contributed by atoms with E-state index >= 15 is 0 Å². The fraction of sp³-hybridized carbons (Fsp3) is 0.591. The number of fused-ring (bicyclic) bond motifs is 1. The maximum absolute atomic E-state index is 12.9. The minimum Gasteiger partial charge on any atom is -0.337 e. The van der Waals surface area contributed by atoms with Gasteiger partial charge in [-0.25, -0.2) is 0 Å². The number of hydrogen-bond acceptors (Lipinski definition) is 3. The van der Waals surface area contributed by atoms with E-state index in [0.29, 0.717) is 12.3 Å². The first-order valence-electron chi connectivity index (χ1n) is 10.1. The van der Waals surface area contributed by atoms with Gasteiger partial charge in [0.2, 0.25) is 5.91 Å². The summed E-state index contributed by atoms with van der Waals surface area (Å²) in [7, 11) is 1.93. The second kappa shape index (κ2) is 8.24. The number of aryl methyl sites for hydroxylation is 2. The van der Waals surface area contributed by atoms with Crippen molar-refractivity contribution in [2.45, 2.75) is 72.4 Å². The molecule has 146 valence electrons. The number of hydrogen-bond donors (Lipinski definition) is 0. The van der Waals surface area contributed by atoms with Crippen LogP contribution in [0.15, 0.2) is 18.3 Å². The molecule has 0 spiro atoms. The van der Waals surface area contributed by atoms with Gasteiger partial charge in [-0.2, -0.15) is 5.10 Å². The van der Waals surface area contributed by atoms with Gasteiger partial charge in [-0.1, -0.05) is 19.9 Å². The Morgan fingerprint density at radius 2 is 2.15 bits per heavy atom. The van der Waals surface area contributed by atoms with E-state index in [-0.39, 0.29) is 11.9 Å². The fourth-order valence-electron chi connectivity index (χ4n) is 4.16. The maximum atomic E-state index is 12.9. The molecule has 0 unspecified atom stereocenters. The van der Waals surface area contributed by atoms with Crippen molar-refractivity contribution in [1.29, 1.82) is 0 Å². The Bertz CT molecular complexity index is 809. The Morgan fingerprint density at radius 1 is 1.37 bits per heavy atom. The van der Waals surface area contributed by atoms with Gasteiger partial charge in [0.1, 0.15) is 0 Å². The third-order valence-electron chi connectivity index (χ3n) is 5.68. The first kappa shape index (κ1) is 19.6. The normalized spacial score (nSPS) is 16.4. The second-order valence-electron chi connectivity index (χ2n) is 8.19. The molecule has 1 atom stereocenters. The molecule has 2 aromatic rings. The van der Waals surface area contributed by atoms with Crippen molar-refractivity contribution >= 4 is 5.91 Å². The highest BCUT2D eigenvalue weighted by molar-refractivity contribution is 5.76. The van der Waals surface area contributed by atoms with E-state index < -0.39 is 0 Å². The average Bonchev–Trinajstić information content (AvgIpc) is 2.91. The SMILES string of the molecule is Cc1nn(CC(C)C)c(C)c1CCC(=O)N(C)[C@H]1CCCc2cccnc21. The Morgan fingerprint density at radius 3 is 2.89 bits per heavy atom.